The van der Waals surface area contributed by atoms with Gasteiger partial charge in [-0.15, -0.1) is 0 Å². The molecule has 1 aliphatic heterocycles. The number of fused-ring (bicyclic) bond motifs is 1. The third-order valence-corrected chi connectivity index (χ3v) is 1.74. The minimum atomic E-state index is -0.821. The second-order valence-electron chi connectivity index (χ2n) is 2.33. The summed E-state index contributed by atoms with van der Waals surface area (Å²) in [5, 5.41) is 0.559. The van der Waals surface area contributed by atoms with Crippen LogP contribution in [0.3, 0.4) is 0 Å². The van der Waals surface area contributed by atoms with Gasteiger partial charge in [-0.05, 0) is 12.1 Å². The molecule has 4 heteroatoms. The van der Waals surface area contributed by atoms with Crippen LogP contribution in [0, 0.1) is 0 Å². The van der Waals surface area contributed by atoms with E-state index < -0.39 is 6.29 Å². The molecule has 1 aliphatic rings. The van der Waals surface area contributed by atoms with Crippen molar-refractivity contribution in [3.63, 3.8) is 0 Å². The van der Waals surface area contributed by atoms with E-state index in [-0.39, 0.29) is 0 Å². The highest BCUT2D eigenvalue weighted by molar-refractivity contribution is 6.30. The van der Waals surface area contributed by atoms with Gasteiger partial charge in [0.1, 0.15) is 0 Å². The van der Waals surface area contributed by atoms with Gasteiger partial charge in [-0.25, -0.2) is 0 Å². The molecule has 0 radical (unpaired) electrons. The SMILES string of the molecule is O=CC1Oc2ccc(Cl)cc2O1. The van der Waals surface area contributed by atoms with Crippen LogP contribution in [0.2, 0.25) is 5.02 Å². The largest absolute Gasteiger partial charge is 0.444 e. The summed E-state index contributed by atoms with van der Waals surface area (Å²) in [6.45, 7) is 0. The molecule has 0 amide bonds. The van der Waals surface area contributed by atoms with Gasteiger partial charge in [-0.2, -0.15) is 0 Å². The van der Waals surface area contributed by atoms with Gasteiger partial charge in [0.25, 0.3) is 6.29 Å². The summed E-state index contributed by atoms with van der Waals surface area (Å²) in [4.78, 5) is 10.3. The maximum atomic E-state index is 10.3. The van der Waals surface area contributed by atoms with Gasteiger partial charge in [0.2, 0.25) is 6.29 Å². The Morgan fingerprint density at radius 1 is 1.33 bits per heavy atom. The number of hydrogen-bond donors (Lipinski definition) is 0. The maximum Gasteiger partial charge on any atom is 0.297 e. The molecule has 0 N–H and O–H groups in total. The van der Waals surface area contributed by atoms with Crippen LogP contribution in [0.5, 0.6) is 11.5 Å². The molecule has 3 nitrogen and oxygen atoms in total. The van der Waals surface area contributed by atoms with E-state index in [2.05, 4.69) is 0 Å². The highest BCUT2D eigenvalue weighted by Gasteiger charge is 2.22. The van der Waals surface area contributed by atoms with Crippen LogP contribution in [0.1, 0.15) is 0 Å². The third kappa shape index (κ3) is 1.12. The standard InChI is InChI=1S/C8H5ClO3/c9-5-1-2-6-7(3-5)12-8(4-10)11-6/h1-4,8H. The average molecular weight is 185 g/mol. The van der Waals surface area contributed by atoms with E-state index in [4.69, 9.17) is 21.1 Å². The van der Waals surface area contributed by atoms with Crippen molar-refractivity contribution in [1.82, 2.24) is 0 Å². The zero-order valence-electron chi connectivity index (χ0n) is 5.99. The van der Waals surface area contributed by atoms with Crippen molar-refractivity contribution in [2.24, 2.45) is 0 Å². The Balaban J connectivity index is 2.35. The minimum absolute atomic E-state index is 0.514. The zero-order valence-corrected chi connectivity index (χ0v) is 6.75. The summed E-state index contributed by atoms with van der Waals surface area (Å²) in [5.74, 6) is 1.07. The Bertz CT molecular complexity index is 324. The van der Waals surface area contributed by atoms with Crippen LogP contribution in [0.15, 0.2) is 18.2 Å². The normalized spacial score (nSPS) is 19.2. The molecule has 1 unspecified atom stereocenters. The molecule has 62 valence electrons. The lowest BCUT2D eigenvalue weighted by atomic mass is 10.3. The number of benzene rings is 1. The average Bonchev–Trinajstić information content (AvgIpc) is 2.46. The van der Waals surface area contributed by atoms with Crippen molar-refractivity contribution >= 4 is 17.9 Å². The predicted octanol–water partition coefficient (Wildman–Crippen LogP) is 1.64. The van der Waals surface area contributed by atoms with Gasteiger partial charge >= 0.3 is 0 Å². The fourth-order valence-corrected chi connectivity index (χ4v) is 1.16. The lowest BCUT2D eigenvalue weighted by Gasteiger charge is -1.98. The smallest absolute Gasteiger partial charge is 0.297 e. The number of halogens is 1. The number of carbonyl (C=O) groups is 1. The highest BCUT2D eigenvalue weighted by atomic mass is 35.5. The Hall–Kier alpha value is -1.22. The molecular weight excluding hydrogens is 180 g/mol. The quantitative estimate of drug-likeness (QED) is 0.623. The molecule has 1 aromatic carbocycles. The fraction of sp³-hybridized carbons (Fsp3) is 0.125. The van der Waals surface area contributed by atoms with Crippen LogP contribution in [-0.4, -0.2) is 12.6 Å². The van der Waals surface area contributed by atoms with Crippen molar-refractivity contribution in [3.05, 3.63) is 23.2 Å². The number of aldehydes is 1. The third-order valence-electron chi connectivity index (χ3n) is 1.50. The van der Waals surface area contributed by atoms with E-state index in [1.54, 1.807) is 18.2 Å². The number of hydrogen-bond acceptors (Lipinski definition) is 3. The second kappa shape index (κ2) is 2.68. The molecule has 0 spiro atoms. The molecule has 0 aromatic heterocycles. The van der Waals surface area contributed by atoms with Crippen molar-refractivity contribution in [2.45, 2.75) is 6.29 Å². The summed E-state index contributed by atoms with van der Waals surface area (Å²) in [5.41, 5.74) is 0. The van der Waals surface area contributed by atoms with Gasteiger partial charge in [-0.3, -0.25) is 4.79 Å². The molecule has 2 rings (SSSR count). The van der Waals surface area contributed by atoms with E-state index in [0.717, 1.165) is 0 Å². The Morgan fingerprint density at radius 2 is 2.08 bits per heavy atom. The number of carbonyl (C=O) groups excluding carboxylic acids is 1. The molecule has 0 aliphatic carbocycles. The van der Waals surface area contributed by atoms with Gasteiger partial charge in [0, 0.05) is 11.1 Å². The molecule has 1 heterocycles. The van der Waals surface area contributed by atoms with Crippen LogP contribution in [0.4, 0.5) is 0 Å². The summed E-state index contributed by atoms with van der Waals surface area (Å²) in [7, 11) is 0. The molecular formula is C8H5ClO3. The van der Waals surface area contributed by atoms with E-state index in [9.17, 15) is 4.79 Å². The molecule has 0 saturated heterocycles. The number of ether oxygens (including phenoxy) is 2. The van der Waals surface area contributed by atoms with Gasteiger partial charge in [0.05, 0.1) is 0 Å². The lowest BCUT2D eigenvalue weighted by molar-refractivity contribution is -0.121. The maximum absolute atomic E-state index is 10.3. The molecule has 1 aromatic rings. The summed E-state index contributed by atoms with van der Waals surface area (Å²) in [6, 6.07) is 4.96. The Kier molecular flexibility index (Phi) is 1.66. The second-order valence-corrected chi connectivity index (χ2v) is 2.77. The summed E-state index contributed by atoms with van der Waals surface area (Å²) >= 11 is 5.69. The monoisotopic (exact) mass is 184 g/mol. The molecule has 0 fully saturated rings. The zero-order chi connectivity index (χ0) is 8.55. The van der Waals surface area contributed by atoms with Crippen molar-refractivity contribution in [3.8, 4) is 11.5 Å². The van der Waals surface area contributed by atoms with E-state index >= 15 is 0 Å². The fourth-order valence-electron chi connectivity index (χ4n) is 1.00. The lowest BCUT2D eigenvalue weighted by Crippen LogP contribution is -2.18. The van der Waals surface area contributed by atoms with E-state index in [1.807, 2.05) is 0 Å². The highest BCUT2D eigenvalue weighted by Crippen LogP contribution is 2.35. The first-order chi connectivity index (χ1) is 5.79. The van der Waals surface area contributed by atoms with Gasteiger partial charge in [-0.1, -0.05) is 11.6 Å². The van der Waals surface area contributed by atoms with Crippen molar-refractivity contribution in [2.75, 3.05) is 0 Å². The first kappa shape index (κ1) is 7.43. The Morgan fingerprint density at radius 3 is 2.83 bits per heavy atom. The van der Waals surface area contributed by atoms with E-state index in [0.29, 0.717) is 22.8 Å². The van der Waals surface area contributed by atoms with Crippen LogP contribution < -0.4 is 9.47 Å². The van der Waals surface area contributed by atoms with Gasteiger partial charge in [0.15, 0.2) is 11.5 Å². The molecule has 12 heavy (non-hydrogen) atoms. The summed E-state index contributed by atoms with van der Waals surface area (Å²) < 4.78 is 10.1. The van der Waals surface area contributed by atoms with E-state index in [1.165, 1.54) is 0 Å². The molecule has 1 atom stereocenters. The number of rotatable bonds is 1. The predicted molar refractivity (Wildman–Crippen MR) is 42.6 cm³/mol. The summed E-state index contributed by atoms with van der Waals surface area (Å²) in [6.07, 6.45) is -0.230. The molecule has 0 saturated carbocycles. The molecule has 0 bridgehead atoms. The minimum Gasteiger partial charge on any atom is -0.444 e. The Labute approximate surface area is 73.8 Å². The van der Waals surface area contributed by atoms with Crippen LogP contribution in [-0.2, 0) is 4.79 Å². The van der Waals surface area contributed by atoms with Crippen LogP contribution in [0.25, 0.3) is 0 Å². The van der Waals surface area contributed by atoms with Crippen LogP contribution >= 0.6 is 11.6 Å². The first-order valence-electron chi connectivity index (χ1n) is 3.38. The van der Waals surface area contributed by atoms with Crippen molar-refractivity contribution < 1.29 is 14.3 Å². The van der Waals surface area contributed by atoms with Crippen molar-refractivity contribution in [1.29, 1.82) is 0 Å². The van der Waals surface area contributed by atoms with Gasteiger partial charge < -0.3 is 9.47 Å². The first-order valence-corrected chi connectivity index (χ1v) is 3.75. The topological polar surface area (TPSA) is 35.5 Å².